The number of nitrogens with zero attached hydrogens (tertiary/aromatic N) is 1. The van der Waals surface area contributed by atoms with Crippen LogP contribution in [0.2, 0.25) is 0 Å². The number of para-hydroxylation sites is 1. The molecule has 1 saturated carbocycles. The van der Waals surface area contributed by atoms with Gasteiger partial charge < -0.3 is 9.88 Å². The molecule has 1 aliphatic rings. The van der Waals surface area contributed by atoms with Crippen molar-refractivity contribution in [3.8, 4) is 0 Å². The summed E-state index contributed by atoms with van der Waals surface area (Å²) in [6.07, 6.45) is 4.61. The molecule has 0 radical (unpaired) electrons. The number of carbonyl (C=O) groups excluding carboxylic acids is 1. The zero-order chi connectivity index (χ0) is 15.0. The first-order valence-corrected chi connectivity index (χ1v) is 7.81. The van der Waals surface area contributed by atoms with Crippen LogP contribution in [0.3, 0.4) is 0 Å². The number of carbonyl (C=O) groups is 1. The van der Waals surface area contributed by atoms with Gasteiger partial charge in [0.05, 0.1) is 0 Å². The van der Waals surface area contributed by atoms with Crippen LogP contribution >= 0.6 is 0 Å². The maximum atomic E-state index is 12.7. The number of hydrogen-bond acceptors (Lipinski definition) is 1. The largest absolute Gasteiger partial charge is 0.351 e. The Morgan fingerprint density at radius 3 is 2.57 bits per heavy atom. The van der Waals surface area contributed by atoms with Crippen molar-refractivity contribution in [1.82, 2.24) is 9.88 Å². The first-order valence-electron chi connectivity index (χ1n) is 7.81. The third-order valence-electron chi connectivity index (χ3n) is 4.94. The minimum absolute atomic E-state index is 0.107. The average Bonchev–Trinajstić information content (AvgIpc) is 2.89. The molecule has 0 aliphatic heterocycles. The van der Waals surface area contributed by atoms with Crippen molar-refractivity contribution in [3.05, 3.63) is 36.0 Å². The number of benzene rings is 1. The third kappa shape index (κ3) is 2.82. The Bertz CT molecular complexity index is 613. The van der Waals surface area contributed by atoms with Crippen LogP contribution in [-0.2, 0) is 0 Å². The maximum absolute atomic E-state index is 12.7. The van der Waals surface area contributed by atoms with Gasteiger partial charge >= 0.3 is 0 Å². The van der Waals surface area contributed by atoms with Gasteiger partial charge in [-0.25, -0.2) is 0 Å². The van der Waals surface area contributed by atoms with Crippen molar-refractivity contribution in [2.75, 3.05) is 7.05 Å². The van der Waals surface area contributed by atoms with E-state index in [9.17, 15) is 4.79 Å². The van der Waals surface area contributed by atoms with Crippen LogP contribution in [0.25, 0.3) is 10.9 Å². The van der Waals surface area contributed by atoms with Gasteiger partial charge in [-0.2, -0.15) is 0 Å². The molecular formula is C18H24N2O. The Labute approximate surface area is 126 Å². The Morgan fingerprint density at radius 2 is 1.90 bits per heavy atom. The molecule has 1 fully saturated rings. The number of amides is 1. The number of aromatic amines is 1. The van der Waals surface area contributed by atoms with Gasteiger partial charge in [-0.1, -0.05) is 32.0 Å². The number of aromatic nitrogens is 1. The van der Waals surface area contributed by atoms with Crippen LogP contribution < -0.4 is 0 Å². The van der Waals surface area contributed by atoms with E-state index in [1.54, 1.807) is 0 Å². The molecular weight excluding hydrogens is 260 g/mol. The predicted molar refractivity (Wildman–Crippen MR) is 86.4 cm³/mol. The van der Waals surface area contributed by atoms with E-state index in [0.29, 0.717) is 17.2 Å². The SMILES string of the molecule is CN(C(=O)c1cc2ccccc2[nH]1)C1CCC(C)(C)CC1. The maximum Gasteiger partial charge on any atom is 0.270 e. The van der Waals surface area contributed by atoms with Crippen molar-refractivity contribution in [3.63, 3.8) is 0 Å². The summed E-state index contributed by atoms with van der Waals surface area (Å²) in [4.78, 5) is 17.8. The van der Waals surface area contributed by atoms with E-state index in [1.807, 2.05) is 42.3 Å². The van der Waals surface area contributed by atoms with Crippen LogP contribution in [0.15, 0.2) is 30.3 Å². The first-order chi connectivity index (χ1) is 9.96. The summed E-state index contributed by atoms with van der Waals surface area (Å²) in [7, 11) is 1.94. The molecule has 0 bridgehead atoms. The minimum atomic E-state index is 0.107. The smallest absolute Gasteiger partial charge is 0.270 e. The number of nitrogens with one attached hydrogen (secondary N) is 1. The molecule has 1 N–H and O–H groups in total. The molecule has 1 aromatic heterocycles. The molecule has 0 unspecified atom stereocenters. The summed E-state index contributed by atoms with van der Waals surface area (Å²) in [5.74, 6) is 0.107. The standard InChI is InChI=1S/C18H24N2O/c1-18(2)10-8-14(9-11-18)20(3)17(21)16-12-13-6-4-5-7-15(13)19-16/h4-7,12,14,19H,8-11H2,1-3H3. The summed E-state index contributed by atoms with van der Waals surface area (Å²) in [6.45, 7) is 4.64. The van der Waals surface area contributed by atoms with E-state index in [0.717, 1.165) is 23.7 Å². The van der Waals surface area contributed by atoms with Crippen LogP contribution in [0.5, 0.6) is 0 Å². The highest BCUT2D eigenvalue weighted by atomic mass is 16.2. The Hall–Kier alpha value is -1.77. The fourth-order valence-electron chi connectivity index (χ4n) is 3.32. The minimum Gasteiger partial charge on any atom is -0.351 e. The normalized spacial score (nSPS) is 18.8. The van der Waals surface area contributed by atoms with E-state index in [1.165, 1.54) is 12.8 Å². The first kappa shape index (κ1) is 14.2. The van der Waals surface area contributed by atoms with E-state index in [4.69, 9.17) is 0 Å². The predicted octanol–water partition coefficient (Wildman–Crippen LogP) is 4.21. The van der Waals surface area contributed by atoms with Crippen molar-refractivity contribution < 1.29 is 4.79 Å². The van der Waals surface area contributed by atoms with E-state index < -0.39 is 0 Å². The second-order valence-corrected chi connectivity index (χ2v) is 7.08. The van der Waals surface area contributed by atoms with Crippen LogP contribution in [-0.4, -0.2) is 28.9 Å². The molecule has 1 amide bonds. The molecule has 1 heterocycles. The van der Waals surface area contributed by atoms with Gasteiger partial charge in [0.1, 0.15) is 5.69 Å². The lowest BCUT2D eigenvalue weighted by Gasteiger charge is -2.38. The number of fused-ring (bicyclic) bond motifs is 1. The molecule has 3 nitrogen and oxygen atoms in total. The fraction of sp³-hybridized carbons (Fsp3) is 0.500. The Morgan fingerprint density at radius 1 is 1.24 bits per heavy atom. The van der Waals surface area contributed by atoms with Gasteiger partial charge in [0.25, 0.3) is 5.91 Å². The van der Waals surface area contributed by atoms with E-state index in [-0.39, 0.29) is 5.91 Å². The summed E-state index contributed by atoms with van der Waals surface area (Å²) in [5.41, 5.74) is 2.16. The van der Waals surface area contributed by atoms with E-state index >= 15 is 0 Å². The Kier molecular flexibility index (Phi) is 3.52. The van der Waals surface area contributed by atoms with Gasteiger partial charge in [0.2, 0.25) is 0 Å². The number of rotatable bonds is 2. The zero-order valence-electron chi connectivity index (χ0n) is 13.1. The summed E-state index contributed by atoms with van der Waals surface area (Å²) in [6, 6.07) is 10.4. The fourth-order valence-corrected chi connectivity index (χ4v) is 3.32. The molecule has 0 saturated heterocycles. The second kappa shape index (κ2) is 5.21. The molecule has 1 aromatic carbocycles. The van der Waals surface area contributed by atoms with Crippen molar-refractivity contribution >= 4 is 16.8 Å². The highest BCUT2D eigenvalue weighted by Crippen LogP contribution is 2.36. The number of H-pyrrole nitrogens is 1. The zero-order valence-corrected chi connectivity index (χ0v) is 13.1. The van der Waals surface area contributed by atoms with Gasteiger partial charge in [-0.05, 0) is 43.2 Å². The van der Waals surface area contributed by atoms with Gasteiger partial charge in [-0.15, -0.1) is 0 Å². The van der Waals surface area contributed by atoms with Crippen molar-refractivity contribution in [1.29, 1.82) is 0 Å². The molecule has 1 aliphatic carbocycles. The lowest BCUT2D eigenvalue weighted by atomic mass is 9.75. The molecule has 3 rings (SSSR count). The lowest BCUT2D eigenvalue weighted by molar-refractivity contribution is 0.0630. The van der Waals surface area contributed by atoms with E-state index in [2.05, 4.69) is 18.8 Å². The highest BCUT2D eigenvalue weighted by molar-refractivity contribution is 5.98. The average molecular weight is 284 g/mol. The highest BCUT2D eigenvalue weighted by Gasteiger charge is 2.31. The van der Waals surface area contributed by atoms with Crippen LogP contribution in [0.1, 0.15) is 50.0 Å². The second-order valence-electron chi connectivity index (χ2n) is 7.08. The van der Waals surface area contributed by atoms with Crippen LogP contribution in [0, 0.1) is 5.41 Å². The molecule has 2 aromatic rings. The molecule has 112 valence electrons. The number of hydrogen-bond donors (Lipinski definition) is 1. The monoisotopic (exact) mass is 284 g/mol. The summed E-state index contributed by atoms with van der Waals surface area (Å²) >= 11 is 0. The van der Waals surface area contributed by atoms with Gasteiger partial charge in [0, 0.05) is 24.0 Å². The van der Waals surface area contributed by atoms with Crippen molar-refractivity contribution in [2.24, 2.45) is 5.41 Å². The van der Waals surface area contributed by atoms with Crippen molar-refractivity contribution in [2.45, 2.75) is 45.6 Å². The molecule has 0 atom stereocenters. The lowest BCUT2D eigenvalue weighted by Crippen LogP contribution is -2.41. The molecule has 0 spiro atoms. The molecule has 3 heteroatoms. The molecule has 21 heavy (non-hydrogen) atoms. The third-order valence-corrected chi connectivity index (χ3v) is 4.94. The quantitative estimate of drug-likeness (QED) is 0.881. The van der Waals surface area contributed by atoms with Crippen LogP contribution in [0.4, 0.5) is 0 Å². The van der Waals surface area contributed by atoms with Gasteiger partial charge in [-0.3, -0.25) is 4.79 Å². The summed E-state index contributed by atoms with van der Waals surface area (Å²) in [5, 5.41) is 1.10. The topological polar surface area (TPSA) is 36.1 Å². The summed E-state index contributed by atoms with van der Waals surface area (Å²) < 4.78 is 0. The van der Waals surface area contributed by atoms with Gasteiger partial charge in [0.15, 0.2) is 0 Å². The Balaban J connectivity index is 1.75.